The van der Waals surface area contributed by atoms with Gasteiger partial charge in [0, 0.05) is 43.4 Å². The molecule has 0 aliphatic carbocycles. The van der Waals surface area contributed by atoms with Gasteiger partial charge in [-0.1, -0.05) is 23.7 Å². The molecule has 31 heavy (non-hydrogen) atoms. The van der Waals surface area contributed by atoms with Crippen molar-refractivity contribution in [1.29, 1.82) is 0 Å². The van der Waals surface area contributed by atoms with Crippen molar-refractivity contribution >= 4 is 41.5 Å². The Hall–Kier alpha value is -1.58. The van der Waals surface area contributed by atoms with E-state index in [1.54, 1.807) is 0 Å². The Morgan fingerprint density at radius 1 is 1.26 bits per heavy atom. The molecule has 0 spiro atoms. The van der Waals surface area contributed by atoms with Gasteiger partial charge >= 0.3 is 0 Å². The van der Waals surface area contributed by atoms with E-state index in [4.69, 9.17) is 21.3 Å². The molecule has 1 aromatic heterocycles. The normalized spacial score (nSPS) is 16.3. The molecule has 0 amide bonds. The SMILES string of the molecule is CCNC(=NCC(C)Oc1cccc(Cl)c1)NC1CCN(Cc2ccccn2)CC1.I. The van der Waals surface area contributed by atoms with Crippen LogP contribution >= 0.6 is 35.6 Å². The predicted molar refractivity (Wildman–Crippen MR) is 139 cm³/mol. The van der Waals surface area contributed by atoms with Crippen LogP contribution in [0.15, 0.2) is 53.7 Å². The Labute approximate surface area is 207 Å². The van der Waals surface area contributed by atoms with Gasteiger partial charge in [0.05, 0.1) is 12.2 Å². The molecule has 1 atom stereocenters. The van der Waals surface area contributed by atoms with Gasteiger partial charge in [-0.15, -0.1) is 24.0 Å². The molecule has 1 aliphatic heterocycles. The van der Waals surface area contributed by atoms with Gasteiger partial charge in [0.25, 0.3) is 0 Å². The summed E-state index contributed by atoms with van der Waals surface area (Å²) < 4.78 is 5.92. The van der Waals surface area contributed by atoms with Gasteiger partial charge in [-0.05, 0) is 57.0 Å². The quantitative estimate of drug-likeness (QED) is 0.287. The largest absolute Gasteiger partial charge is 0.489 e. The molecule has 0 bridgehead atoms. The van der Waals surface area contributed by atoms with Crippen molar-refractivity contribution < 1.29 is 4.74 Å². The van der Waals surface area contributed by atoms with Crippen LogP contribution in [0.4, 0.5) is 0 Å². The van der Waals surface area contributed by atoms with Crippen LogP contribution < -0.4 is 15.4 Å². The van der Waals surface area contributed by atoms with E-state index in [-0.39, 0.29) is 30.1 Å². The molecule has 2 N–H and O–H groups in total. The number of piperidine rings is 1. The lowest BCUT2D eigenvalue weighted by Crippen LogP contribution is -2.48. The topological polar surface area (TPSA) is 61.8 Å². The molecular formula is C23H33ClIN5O. The van der Waals surface area contributed by atoms with E-state index < -0.39 is 0 Å². The highest BCUT2D eigenvalue weighted by Crippen LogP contribution is 2.18. The zero-order valence-electron chi connectivity index (χ0n) is 18.3. The summed E-state index contributed by atoms with van der Waals surface area (Å²) in [6.07, 6.45) is 4.00. The summed E-state index contributed by atoms with van der Waals surface area (Å²) in [5.41, 5.74) is 1.13. The standard InChI is InChI=1S/C23H32ClN5O.HI/c1-3-25-23(27-16-18(2)30-22-9-6-7-19(24)15-22)28-20-10-13-29(14-11-20)17-21-8-4-5-12-26-21;/h4-9,12,15,18,20H,3,10-11,13-14,16-17H2,1-2H3,(H2,25,27,28);1H. The molecule has 2 aromatic rings. The number of aromatic nitrogens is 1. The fourth-order valence-electron chi connectivity index (χ4n) is 3.50. The highest BCUT2D eigenvalue weighted by Gasteiger charge is 2.20. The molecule has 8 heteroatoms. The molecule has 0 radical (unpaired) electrons. The number of guanidine groups is 1. The number of nitrogens with one attached hydrogen (secondary N) is 2. The Morgan fingerprint density at radius 2 is 2.06 bits per heavy atom. The van der Waals surface area contributed by atoms with E-state index in [0.29, 0.717) is 17.6 Å². The molecule has 170 valence electrons. The van der Waals surface area contributed by atoms with Gasteiger partial charge in [-0.25, -0.2) is 4.99 Å². The van der Waals surface area contributed by atoms with Gasteiger partial charge in [0.2, 0.25) is 0 Å². The van der Waals surface area contributed by atoms with Crippen LogP contribution in [0.2, 0.25) is 5.02 Å². The molecule has 1 aliphatic rings. The third-order valence-corrected chi connectivity index (χ3v) is 5.26. The first-order valence-corrected chi connectivity index (χ1v) is 11.1. The fraction of sp³-hybridized carbons (Fsp3) is 0.478. The van der Waals surface area contributed by atoms with Crippen molar-refractivity contribution in [2.45, 2.75) is 45.4 Å². The number of likely N-dealkylation sites (tertiary alicyclic amines) is 1. The number of pyridine rings is 1. The highest BCUT2D eigenvalue weighted by molar-refractivity contribution is 14.0. The number of hydrogen-bond donors (Lipinski definition) is 2. The molecule has 3 rings (SSSR count). The molecule has 1 saturated heterocycles. The van der Waals surface area contributed by atoms with Gasteiger partial charge < -0.3 is 15.4 Å². The third kappa shape index (κ3) is 9.21. The molecular weight excluding hydrogens is 525 g/mol. The van der Waals surface area contributed by atoms with Gasteiger partial charge in [0.15, 0.2) is 5.96 Å². The summed E-state index contributed by atoms with van der Waals surface area (Å²) in [6, 6.07) is 14.0. The monoisotopic (exact) mass is 557 g/mol. The fourth-order valence-corrected chi connectivity index (χ4v) is 3.68. The molecule has 1 aromatic carbocycles. The maximum absolute atomic E-state index is 6.03. The van der Waals surface area contributed by atoms with E-state index in [1.165, 1.54) is 0 Å². The van der Waals surface area contributed by atoms with Crippen molar-refractivity contribution in [2.24, 2.45) is 4.99 Å². The zero-order valence-corrected chi connectivity index (χ0v) is 21.3. The van der Waals surface area contributed by atoms with Crippen molar-refractivity contribution in [3.8, 4) is 5.75 Å². The van der Waals surface area contributed by atoms with Crippen LogP contribution in [0, 0.1) is 0 Å². The van der Waals surface area contributed by atoms with Crippen molar-refractivity contribution in [3.05, 3.63) is 59.4 Å². The second-order valence-corrected chi connectivity index (χ2v) is 8.06. The van der Waals surface area contributed by atoms with Gasteiger partial charge in [-0.2, -0.15) is 0 Å². The predicted octanol–water partition coefficient (Wildman–Crippen LogP) is 4.34. The Balaban J connectivity index is 0.00000341. The Kier molecular flexibility index (Phi) is 11.4. The van der Waals surface area contributed by atoms with Crippen molar-refractivity contribution in [2.75, 3.05) is 26.2 Å². The minimum atomic E-state index is -0.0425. The lowest BCUT2D eigenvalue weighted by Gasteiger charge is -2.33. The number of aliphatic imine (C=N–C) groups is 1. The van der Waals surface area contributed by atoms with Crippen molar-refractivity contribution in [3.63, 3.8) is 0 Å². The second kappa shape index (κ2) is 13.8. The molecule has 0 saturated carbocycles. The summed E-state index contributed by atoms with van der Waals surface area (Å²) in [5.74, 6) is 1.62. The van der Waals surface area contributed by atoms with Crippen LogP contribution in [0.5, 0.6) is 5.75 Å². The Bertz CT molecular complexity index is 800. The summed E-state index contributed by atoms with van der Waals surface area (Å²) in [7, 11) is 0. The number of hydrogen-bond acceptors (Lipinski definition) is 4. The van der Waals surface area contributed by atoms with E-state index in [1.807, 2.05) is 49.5 Å². The average Bonchev–Trinajstić information content (AvgIpc) is 2.74. The number of benzene rings is 1. The summed E-state index contributed by atoms with van der Waals surface area (Å²) >= 11 is 6.03. The molecule has 1 unspecified atom stereocenters. The van der Waals surface area contributed by atoms with Gasteiger partial charge in [0.1, 0.15) is 11.9 Å². The lowest BCUT2D eigenvalue weighted by molar-refractivity contribution is 0.196. The van der Waals surface area contributed by atoms with E-state index in [2.05, 4.69) is 33.5 Å². The van der Waals surface area contributed by atoms with Crippen LogP contribution in [-0.2, 0) is 6.54 Å². The first kappa shape index (κ1) is 25.7. The Morgan fingerprint density at radius 3 is 2.74 bits per heavy atom. The van der Waals surface area contributed by atoms with Crippen LogP contribution in [0.25, 0.3) is 0 Å². The first-order valence-electron chi connectivity index (χ1n) is 10.7. The lowest BCUT2D eigenvalue weighted by atomic mass is 10.0. The summed E-state index contributed by atoms with van der Waals surface area (Å²) in [5, 5.41) is 7.61. The van der Waals surface area contributed by atoms with Gasteiger partial charge in [-0.3, -0.25) is 9.88 Å². The second-order valence-electron chi connectivity index (χ2n) is 7.62. The molecule has 1 fully saturated rings. The highest BCUT2D eigenvalue weighted by atomic mass is 127. The van der Waals surface area contributed by atoms with Crippen molar-refractivity contribution in [1.82, 2.24) is 20.5 Å². The smallest absolute Gasteiger partial charge is 0.191 e. The minimum Gasteiger partial charge on any atom is -0.489 e. The maximum Gasteiger partial charge on any atom is 0.191 e. The van der Waals surface area contributed by atoms with E-state index >= 15 is 0 Å². The summed E-state index contributed by atoms with van der Waals surface area (Å²) in [4.78, 5) is 11.6. The van der Waals surface area contributed by atoms with E-state index in [0.717, 1.165) is 56.4 Å². The number of nitrogens with zero attached hydrogens (tertiary/aromatic N) is 3. The van der Waals surface area contributed by atoms with Crippen LogP contribution in [0.1, 0.15) is 32.4 Å². The van der Waals surface area contributed by atoms with Crippen LogP contribution in [-0.4, -0.2) is 54.2 Å². The maximum atomic E-state index is 6.03. The summed E-state index contributed by atoms with van der Waals surface area (Å²) in [6.45, 7) is 8.53. The number of halogens is 2. The van der Waals surface area contributed by atoms with Crippen LogP contribution in [0.3, 0.4) is 0 Å². The number of ether oxygens (including phenoxy) is 1. The molecule has 2 heterocycles. The zero-order chi connectivity index (χ0) is 21.2. The first-order chi connectivity index (χ1) is 14.6. The van der Waals surface area contributed by atoms with E-state index in [9.17, 15) is 0 Å². The third-order valence-electron chi connectivity index (χ3n) is 5.02. The number of rotatable bonds is 8. The average molecular weight is 558 g/mol. The minimum absolute atomic E-state index is 0. The molecule has 6 nitrogen and oxygen atoms in total.